The molecule has 1 aromatic heterocycles. The zero-order chi connectivity index (χ0) is 11.8. The van der Waals surface area contributed by atoms with Crippen LogP contribution in [0, 0.1) is 11.8 Å². The van der Waals surface area contributed by atoms with E-state index in [-0.39, 0.29) is 6.04 Å². The van der Waals surface area contributed by atoms with Gasteiger partial charge in [-0.1, -0.05) is 0 Å². The summed E-state index contributed by atoms with van der Waals surface area (Å²) in [5.41, 5.74) is 6.34. The highest BCUT2D eigenvalue weighted by molar-refractivity contribution is 5.13. The van der Waals surface area contributed by atoms with E-state index in [4.69, 9.17) is 10.5 Å². The van der Waals surface area contributed by atoms with Crippen LogP contribution in [-0.2, 0) is 11.3 Å². The summed E-state index contributed by atoms with van der Waals surface area (Å²) in [6.45, 7) is 1.51. The lowest BCUT2D eigenvalue weighted by atomic mass is 9.84. The molecule has 5 heteroatoms. The molecule has 3 rings (SSSR count). The largest absolute Gasteiger partial charge is 0.383 e. The average Bonchev–Trinajstić information content (AvgIpc) is 3.00. The van der Waals surface area contributed by atoms with E-state index in [1.165, 1.54) is 19.3 Å². The van der Waals surface area contributed by atoms with Gasteiger partial charge in [0.25, 0.3) is 0 Å². The van der Waals surface area contributed by atoms with E-state index in [1.54, 1.807) is 13.4 Å². The molecule has 2 fully saturated rings. The van der Waals surface area contributed by atoms with Crippen molar-refractivity contribution in [3.8, 4) is 0 Å². The second kappa shape index (κ2) is 4.38. The van der Waals surface area contributed by atoms with Crippen LogP contribution in [0.2, 0.25) is 0 Å². The number of nitrogens with two attached hydrogens (primary N) is 1. The van der Waals surface area contributed by atoms with E-state index in [2.05, 4.69) is 14.8 Å². The molecule has 2 N–H and O–H groups in total. The molecule has 0 spiro atoms. The van der Waals surface area contributed by atoms with Crippen molar-refractivity contribution in [2.24, 2.45) is 17.6 Å². The predicted octanol–water partition coefficient (Wildman–Crippen LogP) is 0.765. The summed E-state index contributed by atoms with van der Waals surface area (Å²) in [5, 5.41) is 8.34. The maximum atomic E-state index is 6.34. The predicted molar refractivity (Wildman–Crippen MR) is 63.4 cm³/mol. The molecule has 1 aromatic rings. The first-order valence-electron chi connectivity index (χ1n) is 6.43. The van der Waals surface area contributed by atoms with Gasteiger partial charge in [-0.25, -0.2) is 0 Å². The fourth-order valence-electron chi connectivity index (χ4n) is 3.60. The number of fused-ring (bicyclic) bond motifs is 2. The van der Waals surface area contributed by atoms with Crippen LogP contribution in [0.15, 0.2) is 6.33 Å². The Bertz CT molecular complexity index is 390. The van der Waals surface area contributed by atoms with Gasteiger partial charge >= 0.3 is 0 Å². The smallest absolute Gasteiger partial charge is 0.137 e. The molecule has 94 valence electrons. The number of hydrogen-bond donors (Lipinski definition) is 1. The minimum Gasteiger partial charge on any atom is -0.383 e. The molecule has 0 amide bonds. The Hall–Kier alpha value is -0.940. The lowest BCUT2D eigenvalue weighted by Gasteiger charge is -2.27. The molecule has 2 aliphatic rings. The Morgan fingerprint density at radius 1 is 1.47 bits per heavy atom. The Morgan fingerprint density at radius 3 is 3.00 bits per heavy atom. The monoisotopic (exact) mass is 236 g/mol. The minimum absolute atomic E-state index is 0.277. The third kappa shape index (κ3) is 1.77. The normalized spacial score (nSPS) is 35.6. The van der Waals surface area contributed by atoms with Gasteiger partial charge in [-0.2, -0.15) is 0 Å². The molecule has 4 atom stereocenters. The number of ether oxygens (including phenoxy) is 1. The molecular weight excluding hydrogens is 216 g/mol. The standard InChI is InChI=1S/C12H20N4O/c1-17-5-4-16-7-14-15-12(16)10-8-2-3-9(6-8)11(10)13/h7-11H,2-6,13H2,1H3. The summed E-state index contributed by atoms with van der Waals surface area (Å²) in [4.78, 5) is 0. The summed E-state index contributed by atoms with van der Waals surface area (Å²) in [6, 6.07) is 0.277. The van der Waals surface area contributed by atoms with E-state index in [9.17, 15) is 0 Å². The Labute approximate surface area is 101 Å². The lowest BCUT2D eigenvalue weighted by molar-refractivity contribution is 0.184. The van der Waals surface area contributed by atoms with Crippen molar-refractivity contribution in [1.29, 1.82) is 0 Å². The van der Waals surface area contributed by atoms with Crippen molar-refractivity contribution in [2.75, 3.05) is 13.7 Å². The number of aromatic nitrogens is 3. The summed E-state index contributed by atoms with van der Waals surface area (Å²) >= 11 is 0. The van der Waals surface area contributed by atoms with Crippen LogP contribution in [0.4, 0.5) is 0 Å². The highest BCUT2D eigenvalue weighted by Gasteiger charge is 2.48. The first kappa shape index (κ1) is 11.2. The molecular formula is C12H20N4O. The molecule has 17 heavy (non-hydrogen) atoms. The highest BCUT2D eigenvalue weighted by Crippen LogP contribution is 2.51. The van der Waals surface area contributed by atoms with Gasteiger partial charge in [-0.3, -0.25) is 0 Å². The Morgan fingerprint density at radius 2 is 2.29 bits per heavy atom. The topological polar surface area (TPSA) is 66.0 Å². The molecule has 0 saturated heterocycles. The summed E-state index contributed by atoms with van der Waals surface area (Å²) in [6.07, 6.45) is 5.69. The van der Waals surface area contributed by atoms with E-state index in [0.29, 0.717) is 18.4 Å². The van der Waals surface area contributed by atoms with Crippen molar-refractivity contribution in [3.05, 3.63) is 12.2 Å². The zero-order valence-electron chi connectivity index (χ0n) is 10.2. The molecule has 1 heterocycles. The molecule has 0 radical (unpaired) electrons. The quantitative estimate of drug-likeness (QED) is 0.838. The van der Waals surface area contributed by atoms with Gasteiger partial charge in [-0.15, -0.1) is 10.2 Å². The van der Waals surface area contributed by atoms with Crippen LogP contribution in [0.3, 0.4) is 0 Å². The van der Waals surface area contributed by atoms with E-state index in [0.717, 1.165) is 18.3 Å². The molecule has 4 unspecified atom stereocenters. The van der Waals surface area contributed by atoms with Crippen LogP contribution in [0.25, 0.3) is 0 Å². The van der Waals surface area contributed by atoms with Gasteiger partial charge in [0.1, 0.15) is 12.2 Å². The maximum Gasteiger partial charge on any atom is 0.137 e. The van der Waals surface area contributed by atoms with Gasteiger partial charge in [0.05, 0.1) is 6.61 Å². The van der Waals surface area contributed by atoms with Crippen LogP contribution in [0.1, 0.15) is 31.0 Å². The van der Waals surface area contributed by atoms with Crippen LogP contribution in [0.5, 0.6) is 0 Å². The van der Waals surface area contributed by atoms with Gasteiger partial charge in [0.15, 0.2) is 0 Å². The second-order valence-electron chi connectivity index (χ2n) is 5.31. The van der Waals surface area contributed by atoms with E-state index in [1.807, 2.05) is 0 Å². The molecule has 0 aliphatic heterocycles. The summed E-state index contributed by atoms with van der Waals surface area (Å²) < 4.78 is 7.22. The third-order valence-electron chi connectivity index (χ3n) is 4.46. The van der Waals surface area contributed by atoms with E-state index < -0.39 is 0 Å². The van der Waals surface area contributed by atoms with Crippen molar-refractivity contribution < 1.29 is 4.74 Å². The van der Waals surface area contributed by atoms with Crippen molar-refractivity contribution in [3.63, 3.8) is 0 Å². The second-order valence-corrected chi connectivity index (χ2v) is 5.31. The zero-order valence-corrected chi connectivity index (χ0v) is 10.2. The van der Waals surface area contributed by atoms with E-state index >= 15 is 0 Å². The molecule has 2 aliphatic carbocycles. The van der Waals surface area contributed by atoms with Crippen LogP contribution in [-0.4, -0.2) is 34.5 Å². The van der Waals surface area contributed by atoms with Crippen LogP contribution >= 0.6 is 0 Å². The van der Waals surface area contributed by atoms with Gasteiger partial charge in [-0.05, 0) is 31.1 Å². The van der Waals surface area contributed by atoms with Gasteiger partial charge in [0.2, 0.25) is 0 Å². The number of hydrogen-bond acceptors (Lipinski definition) is 4. The van der Waals surface area contributed by atoms with Crippen molar-refractivity contribution in [2.45, 2.75) is 37.8 Å². The average molecular weight is 236 g/mol. The highest BCUT2D eigenvalue weighted by atomic mass is 16.5. The Balaban J connectivity index is 1.82. The van der Waals surface area contributed by atoms with Gasteiger partial charge < -0.3 is 15.0 Å². The molecule has 0 aromatic carbocycles. The fraction of sp³-hybridized carbons (Fsp3) is 0.833. The van der Waals surface area contributed by atoms with Crippen molar-refractivity contribution >= 4 is 0 Å². The SMILES string of the molecule is COCCn1cnnc1C1C2CCC(C2)C1N. The van der Waals surface area contributed by atoms with Gasteiger partial charge in [0, 0.05) is 25.6 Å². The van der Waals surface area contributed by atoms with Crippen LogP contribution < -0.4 is 5.73 Å². The maximum absolute atomic E-state index is 6.34. The number of nitrogens with zero attached hydrogens (tertiary/aromatic N) is 3. The van der Waals surface area contributed by atoms with Crippen molar-refractivity contribution in [1.82, 2.24) is 14.8 Å². The fourth-order valence-corrected chi connectivity index (χ4v) is 3.60. The minimum atomic E-state index is 0.277. The molecule has 2 bridgehead atoms. The number of methoxy groups -OCH3 is 1. The Kier molecular flexibility index (Phi) is 2.88. The lowest BCUT2D eigenvalue weighted by Crippen LogP contribution is -2.35. The summed E-state index contributed by atoms with van der Waals surface area (Å²) in [5.74, 6) is 2.91. The summed E-state index contributed by atoms with van der Waals surface area (Å²) in [7, 11) is 1.72. The molecule has 5 nitrogen and oxygen atoms in total. The third-order valence-corrected chi connectivity index (χ3v) is 4.46. The molecule has 2 saturated carbocycles. The number of rotatable bonds is 4. The first-order chi connectivity index (χ1) is 8.31. The first-order valence-corrected chi connectivity index (χ1v) is 6.43.